The zero-order chi connectivity index (χ0) is 32.9. The molecule has 4 aliphatic rings. The van der Waals surface area contributed by atoms with Gasteiger partial charge >= 0.3 is 0 Å². The van der Waals surface area contributed by atoms with Gasteiger partial charge in [0.2, 0.25) is 5.96 Å². The lowest BCUT2D eigenvalue weighted by molar-refractivity contribution is 0.583. The fourth-order valence-corrected chi connectivity index (χ4v) is 7.41. The maximum Gasteiger partial charge on any atom is 0.226 e. The van der Waals surface area contributed by atoms with E-state index < -0.39 is 6.17 Å². The van der Waals surface area contributed by atoms with Gasteiger partial charge in [-0.2, -0.15) is 0 Å². The van der Waals surface area contributed by atoms with Crippen LogP contribution in [0.25, 0.3) is 33.6 Å². The van der Waals surface area contributed by atoms with Gasteiger partial charge in [0.05, 0.1) is 5.57 Å². The van der Waals surface area contributed by atoms with Crippen molar-refractivity contribution in [1.82, 2.24) is 5.32 Å². The number of rotatable bonds is 5. The molecule has 2 aromatic heterocycles. The van der Waals surface area contributed by atoms with E-state index in [2.05, 4.69) is 74.3 Å². The van der Waals surface area contributed by atoms with Gasteiger partial charge in [-0.1, -0.05) is 60.7 Å². The smallest absolute Gasteiger partial charge is 0.226 e. The Kier molecular flexibility index (Phi) is 7.47. The number of nitrogens with zero attached hydrogens (tertiary/aromatic N) is 3. The van der Waals surface area contributed by atoms with Crippen molar-refractivity contribution in [3.8, 4) is 0 Å². The van der Waals surface area contributed by atoms with Crippen molar-refractivity contribution in [2.24, 2.45) is 32.5 Å². The first-order chi connectivity index (χ1) is 23.4. The van der Waals surface area contributed by atoms with Gasteiger partial charge < -0.3 is 19.9 Å². The number of para-hydroxylation sites is 1. The van der Waals surface area contributed by atoms with Crippen molar-refractivity contribution in [3.05, 3.63) is 130 Å². The largest absolute Gasteiger partial charge is 0.456 e. The number of fused-ring (bicyclic) bond motifs is 6. The minimum absolute atomic E-state index is 0.0228. The van der Waals surface area contributed by atoms with Crippen LogP contribution in [0.5, 0.6) is 0 Å². The molecular formula is C41H39N5O2. The number of nitrogens with one attached hydrogen (secondary N) is 1. The number of furan rings is 2. The van der Waals surface area contributed by atoms with Gasteiger partial charge in [0.25, 0.3) is 0 Å². The summed E-state index contributed by atoms with van der Waals surface area (Å²) in [4.78, 5) is 15.4. The number of nitrogens with two attached hydrogens (primary N) is 1. The van der Waals surface area contributed by atoms with Crippen LogP contribution in [0.1, 0.15) is 65.3 Å². The third kappa shape index (κ3) is 5.01. The van der Waals surface area contributed by atoms with Crippen LogP contribution in [-0.4, -0.2) is 18.0 Å². The number of hydrogen-bond donors (Lipinski definition) is 2. The molecule has 3 N–H and O–H groups in total. The van der Waals surface area contributed by atoms with Gasteiger partial charge in [0.1, 0.15) is 28.5 Å². The molecule has 3 heterocycles. The molecule has 0 spiro atoms. The van der Waals surface area contributed by atoms with Crippen molar-refractivity contribution in [3.63, 3.8) is 0 Å². The quantitative estimate of drug-likeness (QED) is 0.169. The van der Waals surface area contributed by atoms with Crippen molar-refractivity contribution in [2.45, 2.75) is 52.6 Å². The Morgan fingerprint density at radius 2 is 1.88 bits per heavy atom. The highest BCUT2D eigenvalue weighted by atomic mass is 16.3. The average molecular weight is 634 g/mol. The second kappa shape index (κ2) is 12.0. The molecular weight excluding hydrogens is 594 g/mol. The first-order valence-electron chi connectivity index (χ1n) is 16.7. The number of allylic oxidation sites excluding steroid dienone is 9. The lowest BCUT2D eigenvalue weighted by atomic mass is 9.82. The number of aliphatic imine (C=N–C) groups is 3. The van der Waals surface area contributed by atoms with Crippen molar-refractivity contribution >= 4 is 51.6 Å². The molecule has 0 fully saturated rings. The Bertz CT molecular complexity index is 2240. The fourth-order valence-electron chi connectivity index (χ4n) is 7.41. The predicted octanol–water partition coefficient (Wildman–Crippen LogP) is 8.99. The third-order valence-corrected chi connectivity index (χ3v) is 10.0. The topological polar surface area (TPSA) is 101 Å². The standard InChI is InChI=1S/C41H39N5O2/c1-5-26-13-6-7-14-27(26)33(25(4)42)22-43-41-45-39(31-18-12-17-30-28-15-8-10-19-34(28)47-37(30)31)44-40(46-41)36-24(3)23(2)21-32-29-16-9-11-20-35(29)48-38(32)36/h5-8,10-11,13-15,18-22,26-27,40H,1,9,12,16-17,42H2,2-4H3,(H,44,45,46). The molecule has 48 heavy (non-hydrogen) atoms. The van der Waals surface area contributed by atoms with E-state index in [-0.39, 0.29) is 11.8 Å². The Balaban J connectivity index is 1.28. The summed E-state index contributed by atoms with van der Waals surface area (Å²) in [6, 6.07) is 10.5. The molecule has 2 aromatic carbocycles. The molecule has 3 unspecified atom stereocenters. The minimum Gasteiger partial charge on any atom is -0.456 e. The van der Waals surface area contributed by atoms with E-state index in [9.17, 15) is 0 Å². The van der Waals surface area contributed by atoms with Gasteiger partial charge in [0.15, 0.2) is 6.17 Å². The van der Waals surface area contributed by atoms with E-state index in [4.69, 9.17) is 29.5 Å². The summed E-state index contributed by atoms with van der Waals surface area (Å²) in [6.07, 6.45) is 21.8. The number of guanidine groups is 1. The maximum atomic E-state index is 6.59. The summed E-state index contributed by atoms with van der Waals surface area (Å²) in [7, 11) is 0. The molecule has 0 bridgehead atoms. The second-order valence-corrected chi connectivity index (χ2v) is 13.0. The zero-order valence-corrected chi connectivity index (χ0v) is 27.6. The molecule has 3 aliphatic carbocycles. The van der Waals surface area contributed by atoms with Crippen LogP contribution in [-0.2, 0) is 12.8 Å². The summed E-state index contributed by atoms with van der Waals surface area (Å²) in [5.41, 5.74) is 16.4. The molecule has 7 heteroatoms. The van der Waals surface area contributed by atoms with Gasteiger partial charge in [0, 0.05) is 51.2 Å². The second-order valence-electron chi connectivity index (χ2n) is 13.0. The predicted molar refractivity (Wildman–Crippen MR) is 197 cm³/mol. The number of amidine groups is 1. The highest BCUT2D eigenvalue weighted by molar-refractivity contribution is 6.28. The normalized spacial score (nSPS) is 22.2. The van der Waals surface area contributed by atoms with E-state index in [1.165, 1.54) is 16.7 Å². The van der Waals surface area contributed by atoms with Crippen molar-refractivity contribution < 1.29 is 8.83 Å². The Morgan fingerprint density at radius 3 is 2.73 bits per heavy atom. The van der Waals surface area contributed by atoms with Crippen LogP contribution < -0.4 is 11.1 Å². The molecule has 4 aromatic rings. The van der Waals surface area contributed by atoms with E-state index in [0.717, 1.165) is 81.4 Å². The first kappa shape index (κ1) is 29.9. The van der Waals surface area contributed by atoms with Crippen LogP contribution in [0, 0.1) is 25.7 Å². The summed E-state index contributed by atoms with van der Waals surface area (Å²) in [5.74, 6) is 3.02. The lowest BCUT2D eigenvalue weighted by Crippen LogP contribution is -2.35. The molecule has 7 nitrogen and oxygen atoms in total. The fraction of sp³-hybridized carbons (Fsp3) is 0.244. The third-order valence-electron chi connectivity index (χ3n) is 10.0. The van der Waals surface area contributed by atoms with Gasteiger partial charge in [-0.3, -0.25) is 0 Å². The van der Waals surface area contributed by atoms with Crippen molar-refractivity contribution in [2.75, 3.05) is 0 Å². The SMILES string of the molecule is C=CC1C=CC=CC1C(C=NC1=NC(c2c(C)c(C)cc3c4c(oc23)C=CCC4)N=C(C2=CCCc3c2oc2ccccc32)N1)=C(C)N. The van der Waals surface area contributed by atoms with Crippen LogP contribution in [0.4, 0.5) is 0 Å². The monoisotopic (exact) mass is 633 g/mol. The molecule has 8 rings (SSSR count). The van der Waals surface area contributed by atoms with E-state index in [0.29, 0.717) is 17.5 Å². The number of aryl methyl sites for hydroxylation is 3. The Labute approximate surface area is 280 Å². The molecule has 0 saturated heterocycles. The van der Waals surface area contributed by atoms with Gasteiger partial charge in [-0.15, -0.1) is 6.58 Å². The highest BCUT2D eigenvalue weighted by Gasteiger charge is 2.31. The van der Waals surface area contributed by atoms with E-state index in [1.807, 2.05) is 43.5 Å². The summed E-state index contributed by atoms with van der Waals surface area (Å²) < 4.78 is 13.1. The molecule has 1 aliphatic heterocycles. The average Bonchev–Trinajstić information content (AvgIpc) is 3.67. The van der Waals surface area contributed by atoms with Crippen LogP contribution >= 0.6 is 0 Å². The van der Waals surface area contributed by atoms with Crippen LogP contribution in [0.3, 0.4) is 0 Å². The van der Waals surface area contributed by atoms with Gasteiger partial charge in [-0.05, 0) is 81.4 Å². The Hall–Kier alpha value is -5.43. The number of benzene rings is 2. The van der Waals surface area contributed by atoms with Crippen LogP contribution in [0.2, 0.25) is 0 Å². The summed E-state index contributed by atoms with van der Waals surface area (Å²) >= 11 is 0. The minimum atomic E-state index is -0.590. The molecule has 0 amide bonds. The molecule has 240 valence electrons. The summed E-state index contributed by atoms with van der Waals surface area (Å²) in [5, 5.41) is 5.75. The van der Waals surface area contributed by atoms with Gasteiger partial charge in [-0.25, -0.2) is 15.0 Å². The molecule has 0 radical (unpaired) electrons. The van der Waals surface area contributed by atoms with E-state index >= 15 is 0 Å². The lowest BCUT2D eigenvalue weighted by Gasteiger charge is -2.25. The molecule has 0 saturated carbocycles. The zero-order valence-electron chi connectivity index (χ0n) is 27.6. The van der Waals surface area contributed by atoms with Crippen LogP contribution in [0.15, 0.2) is 115 Å². The summed E-state index contributed by atoms with van der Waals surface area (Å²) in [6.45, 7) is 10.3. The number of hydrogen-bond acceptors (Lipinski definition) is 7. The Morgan fingerprint density at radius 1 is 1.04 bits per heavy atom. The molecule has 3 atom stereocenters. The highest BCUT2D eigenvalue weighted by Crippen LogP contribution is 2.42. The van der Waals surface area contributed by atoms with Crippen molar-refractivity contribution in [1.29, 1.82) is 0 Å². The first-order valence-corrected chi connectivity index (χ1v) is 16.7. The van der Waals surface area contributed by atoms with E-state index in [1.54, 1.807) is 0 Å². The maximum absolute atomic E-state index is 6.59.